The molecule has 22 heavy (non-hydrogen) atoms. The number of hydrogen-bond acceptors (Lipinski definition) is 4. The quantitative estimate of drug-likeness (QED) is 0.782. The number of carbonyl (C=O) groups excluding carboxylic acids is 2. The standard InChI is InChI=1S/C17H24N2O3/c1-13(2)12-22-17(21)9-8-15-18-16(20)11-19(15)10-14-6-4-3-5-7-14/h3-7,13,15H,8-12H2,1-2H3,(H,18,20). The van der Waals surface area contributed by atoms with E-state index < -0.39 is 0 Å². The third-order valence-electron chi connectivity index (χ3n) is 3.54. The Balaban J connectivity index is 1.83. The van der Waals surface area contributed by atoms with E-state index in [1.807, 2.05) is 44.2 Å². The minimum absolute atomic E-state index is 0.0106. The summed E-state index contributed by atoms with van der Waals surface area (Å²) in [6.07, 6.45) is 0.803. The van der Waals surface area contributed by atoms with Gasteiger partial charge < -0.3 is 10.1 Å². The van der Waals surface area contributed by atoms with E-state index in [0.717, 1.165) is 5.56 Å². The van der Waals surface area contributed by atoms with Crippen LogP contribution in [0.4, 0.5) is 0 Å². The Morgan fingerprint density at radius 3 is 2.77 bits per heavy atom. The highest BCUT2D eigenvalue weighted by Crippen LogP contribution is 2.15. The summed E-state index contributed by atoms with van der Waals surface area (Å²) >= 11 is 0. The van der Waals surface area contributed by atoms with Crippen molar-refractivity contribution < 1.29 is 14.3 Å². The van der Waals surface area contributed by atoms with Crippen molar-refractivity contribution in [3.05, 3.63) is 35.9 Å². The molecule has 0 aromatic heterocycles. The van der Waals surface area contributed by atoms with Crippen LogP contribution in [-0.4, -0.2) is 36.1 Å². The minimum Gasteiger partial charge on any atom is -0.465 e. The van der Waals surface area contributed by atoms with Gasteiger partial charge >= 0.3 is 5.97 Å². The summed E-state index contributed by atoms with van der Waals surface area (Å²) in [7, 11) is 0. The van der Waals surface area contributed by atoms with E-state index in [1.165, 1.54) is 0 Å². The number of ether oxygens (including phenoxy) is 1. The topological polar surface area (TPSA) is 58.6 Å². The van der Waals surface area contributed by atoms with Crippen LogP contribution in [0.25, 0.3) is 0 Å². The summed E-state index contributed by atoms with van der Waals surface area (Å²) in [6.45, 7) is 5.54. The van der Waals surface area contributed by atoms with Crippen molar-refractivity contribution in [1.82, 2.24) is 10.2 Å². The predicted molar refractivity (Wildman–Crippen MR) is 83.8 cm³/mol. The lowest BCUT2D eigenvalue weighted by atomic mass is 10.2. The van der Waals surface area contributed by atoms with E-state index in [0.29, 0.717) is 38.5 Å². The Kier molecular flexibility index (Phi) is 5.95. The van der Waals surface area contributed by atoms with Gasteiger partial charge in [-0.2, -0.15) is 0 Å². The lowest BCUT2D eigenvalue weighted by molar-refractivity contribution is -0.145. The first-order valence-corrected chi connectivity index (χ1v) is 7.77. The summed E-state index contributed by atoms with van der Waals surface area (Å²) in [5.74, 6) is 0.149. The van der Waals surface area contributed by atoms with E-state index >= 15 is 0 Å². The molecule has 1 amide bonds. The van der Waals surface area contributed by atoms with Gasteiger partial charge in [0.15, 0.2) is 0 Å². The Hall–Kier alpha value is -1.88. The SMILES string of the molecule is CC(C)COC(=O)CCC1NC(=O)CN1Cc1ccccc1. The van der Waals surface area contributed by atoms with Gasteiger partial charge in [0.1, 0.15) is 0 Å². The maximum atomic E-state index is 11.7. The normalized spacial score (nSPS) is 18.5. The second kappa shape index (κ2) is 7.94. The lowest BCUT2D eigenvalue weighted by Gasteiger charge is -2.22. The Morgan fingerprint density at radius 1 is 1.36 bits per heavy atom. The van der Waals surface area contributed by atoms with Gasteiger partial charge in [-0.05, 0) is 17.9 Å². The van der Waals surface area contributed by atoms with Crippen LogP contribution in [0.15, 0.2) is 30.3 Å². The van der Waals surface area contributed by atoms with Crippen molar-refractivity contribution in [2.24, 2.45) is 5.92 Å². The first kappa shape index (κ1) is 16.5. The summed E-state index contributed by atoms with van der Waals surface area (Å²) < 4.78 is 5.17. The molecular formula is C17H24N2O3. The molecule has 2 rings (SSSR count). The second-order valence-electron chi connectivity index (χ2n) is 6.09. The molecule has 1 aromatic carbocycles. The first-order valence-electron chi connectivity index (χ1n) is 7.77. The molecule has 1 aliphatic heterocycles. The molecule has 0 spiro atoms. The van der Waals surface area contributed by atoms with E-state index in [4.69, 9.17) is 4.74 Å². The van der Waals surface area contributed by atoms with Crippen LogP contribution in [0.3, 0.4) is 0 Å². The van der Waals surface area contributed by atoms with E-state index in [9.17, 15) is 9.59 Å². The molecule has 1 heterocycles. The molecule has 0 radical (unpaired) electrons. The smallest absolute Gasteiger partial charge is 0.305 e. The molecule has 120 valence electrons. The molecule has 5 nitrogen and oxygen atoms in total. The van der Waals surface area contributed by atoms with Gasteiger partial charge in [0.05, 0.1) is 19.3 Å². The highest BCUT2D eigenvalue weighted by molar-refractivity contribution is 5.80. The predicted octanol–water partition coefficient (Wildman–Crippen LogP) is 1.92. The monoisotopic (exact) mass is 304 g/mol. The maximum absolute atomic E-state index is 11.7. The maximum Gasteiger partial charge on any atom is 0.305 e. The molecule has 0 bridgehead atoms. The van der Waals surface area contributed by atoms with Gasteiger partial charge in [-0.3, -0.25) is 14.5 Å². The Labute approximate surface area is 131 Å². The molecule has 1 N–H and O–H groups in total. The fourth-order valence-corrected chi connectivity index (χ4v) is 2.44. The molecule has 1 atom stereocenters. The number of benzene rings is 1. The van der Waals surface area contributed by atoms with Crippen LogP contribution < -0.4 is 5.32 Å². The third-order valence-corrected chi connectivity index (χ3v) is 3.54. The van der Waals surface area contributed by atoms with Crippen molar-refractivity contribution in [2.75, 3.05) is 13.2 Å². The van der Waals surface area contributed by atoms with Crippen molar-refractivity contribution >= 4 is 11.9 Å². The van der Waals surface area contributed by atoms with Crippen LogP contribution in [0.5, 0.6) is 0 Å². The highest BCUT2D eigenvalue weighted by atomic mass is 16.5. The zero-order valence-electron chi connectivity index (χ0n) is 13.2. The number of carbonyl (C=O) groups is 2. The zero-order valence-corrected chi connectivity index (χ0v) is 13.2. The Bertz CT molecular complexity index is 502. The van der Waals surface area contributed by atoms with Crippen molar-refractivity contribution in [3.8, 4) is 0 Å². The molecule has 1 fully saturated rings. The van der Waals surface area contributed by atoms with Gasteiger partial charge in [0.2, 0.25) is 5.91 Å². The molecule has 1 saturated heterocycles. The molecule has 1 unspecified atom stereocenters. The van der Waals surface area contributed by atoms with Crippen molar-refractivity contribution in [3.63, 3.8) is 0 Å². The largest absolute Gasteiger partial charge is 0.465 e. The number of amides is 1. The van der Waals surface area contributed by atoms with Gasteiger partial charge in [-0.1, -0.05) is 44.2 Å². The van der Waals surface area contributed by atoms with Crippen LogP contribution in [0, 0.1) is 5.92 Å². The summed E-state index contributed by atoms with van der Waals surface area (Å²) in [4.78, 5) is 25.4. The van der Waals surface area contributed by atoms with Gasteiger partial charge in [-0.15, -0.1) is 0 Å². The van der Waals surface area contributed by atoms with Crippen LogP contribution >= 0.6 is 0 Å². The van der Waals surface area contributed by atoms with E-state index in [1.54, 1.807) is 0 Å². The molecule has 5 heteroatoms. The van der Waals surface area contributed by atoms with Crippen molar-refractivity contribution in [2.45, 2.75) is 39.4 Å². The molecule has 1 aliphatic rings. The average molecular weight is 304 g/mol. The molecule has 0 saturated carbocycles. The minimum atomic E-state index is -0.200. The summed E-state index contributed by atoms with van der Waals surface area (Å²) in [5.41, 5.74) is 1.16. The summed E-state index contributed by atoms with van der Waals surface area (Å²) in [5, 5.41) is 2.92. The van der Waals surface area contributed by atoms with E-state index in [-0.39, 0.29) is 18.0 Å². The van der Waals surface area contributed by atoms with Gasteiger partial charge in [0, 0.05) is 13.0 Å². The third kappa shape index (κ3) is 5.15. The van der Waals surface area contributed by atoms with Crippen molar-refractivity contribution in [1.29, 1.82) is 0 Å². The van der Waals surface area contributed by atoms with Crippen LogP contribution in [0.1, 0.15) is 32.3 Å². The number of rotatable bonds is 7. The van der Waals surface area contributed by atoms with Gasteiger partial charge in [0.25, 0.3) is 0 Å². The fourth-order valence-electron chi connectivity index (χ4n) is 2.44. The van der Waals surface area contributed by atoms with Crippen LogP contribution in [0.2, 0.25) is 0 Å². The average Bonchev–Trinajstić information content (AvgIpc) is 2.83. The zero-order chi connectivity index (χ0) is 15.9. The van der Waals surface area contributed by atoms with Gasteiger partial charge in [-0.25, -0.2) is 0 Å². The Morgan fingerprint density at radius 2 is 2.09 bits per heavy atom. The molecule has 1 aromatic rings. The molecule has 0 aliphatic carbocycles. The number of nitrogens with zero attached hydrogens (tertiary/aromatic N) is 1. The number of nitrogens with one attached hydrogen (secondary N) is 1. The lowest BCUT2D eigenvalue weighted by Crippen LogP contribution is -2.36. The van der Waals surface area contributed by atoms with E-state index in [2.05, 4.69) is 10.2 Å². The number of hydrogen-bond donors (Lipinski definition) is 1. The van der Waals surface area contributed by atoms with Crippen LogP contribution in [-0.2, 0) is 20.9 Å². The second-order valence-corrected chi connectivity index (χ2v) is 6.09. The fraction of sp³-hybridized carbons (Fsp3) is 0.529. The highest BCUT2D eigenvalue weighted by Gasteiger charge is 2.29. The first-order chi connectivity index (χ1) is 10.5. The summed E-state index contributed by atoms with van der Waals surface area (Å²) in [6, 6.07) is 10.0. The molecular weight excluding hydrogens is 280 g/mol. The number of esters is 1.